The molecule has 0 aliphatic heterocycles. The molecular formula is C40H35BrCl4N2O4. The monoisotopic (exact) mass is 826 g/mol. The number of ether oxygens (including phenoxy) is 1. The highest BCUT2D eigenvalue weighted by atomic mass is 79.9. The Morgan fingerprint density at radius 1 is 0.608 bits per heavy atom. The summed E-state index contributed by atoms with van der Waals surface area (Å²) in [5.41, 5.74) is 1.32. The molecule has 0 fully saturated rings. The minimum Gasteiger partial charge on any atom is -0.508 e. The number of nitrogens with one attached hydrogen (secondary N) is 2. The van der Waals surface area contributed by atoms with Gasteiger partial charge in [0.2, 0.25) is 0 Å². The zero-order valence-corrected chi connectivity index (χ0v) is 32.7. The summed E-state index contributed by atoms with van der Waals surface area (Å²) in [6.07, 6.45) is 0. The maximum atomic E-state index is 12.2. The van der Waals surface area contributed by atoms with Gasteiger partial charge in [0.25, 0.3) is 11.8 Å². The van der Waals surface area contributed by atoms with Gasteiger partial charge in [-0.3, -0.25) is 9.59 Å². The zero-order valence-electron chi connectivity index (χ0n) is 28.1. The molecule has 0 heterocycles. The molecule has 0 aromatic heterocycles. The van der Waals surface area contributed by atoms with Gasteiger partial charge in [0, 0.05) is 39.1 Å². The fraction of sp³-hybridized carbons (Fsp3) is 0.150. The average molecular weight is 829 g/mol. The highest BCUT2D eigenvalue weighted by Crippen LogP contribution is 2.33. The van der Waals surface area contributed by atoms with Crippen molar-refractivity contribution in [3.8, 4) is 17.2 Å². The summed E-state index contributed by atoms with van der Waals surface area (Å²) in [6, 6.07) is 32.7. The Hall–Kier alpha value is -3.98. The number of hydrogen-bond donors (Lipinski definition) is 3. The molecule has 0 spiro atoms. The Labute approximate surface area is 325 Å². The van der Waals surface area contributed by atoms with Crippen LogP contribution in [0, 0.1) is 0 Å². The second kappa shape index (κ2) is 18.5. The summed E-state index contributed by atoms with van der Waals surface area (Å²) < 4.78 is 7.00. The number of rotatable bonds is 6. The number of aromatic hydroxyl groups is 1. The maximum Gasteiger partial charge on any atom is 0.251 e. The Bertz CT molecular complexity index is 2180. The summed E-state index contributed by atoms with van der Waals surface area (Å²) in [7, 11) is 0. The summed E-state index contributed by atoms with van der Waals surface area (Å²) in [5.74, 6) is 1.30. The van der Waals surface area contributed by atoms with Gasteiger partial charge in [0.15, 0.2) is 0 Å². The topological polar surface area (TPSA) is 87.7 Å². The van der Waals surface area contributed by atoms with E-state index in [2.05, 4.69) is 26.6 Å². The first kappa shape index (κ1) is 39.8. The molecule has 6 aromatic rings. The maximum absolute atomic E-state index is 12.2. The van der Waals surface area contributed by atoms with E-state index in [0.29, 0.717) is 42.7 Å². The van der Waals surface area contributed by atoms with E-state index < -0.39 is 0 Å². The number of phenolic OH excluding ortho intramolecular Hbond substituents is 1. The van der Waals surface area contributed by atoms with Gasteiger partial charge in [-0.1, -0.05) is 92.7 Å². The summed E-state index contributed by atoms with van der Waals surface area (Å²) in [6.45, 7) is 7.77. The van der Waals surface area contributed by atoms with Crippen LogP contribution < -0.4 is 15.4 Å². The van der Waals surface area contributed by atoms with Crippen LogP contribution in [0.2, 0.25) is 20.1 Å². The predicted molar refractivity (Wildman–Crippen MR) is 215 cm³/mol. The van der Waals surface area contributed by atoms with Crippen molar-refractivity contribution in [3.63, 3.8) is 0 Å². The van der Waals surface area contributed by atoms with Gasteiger partial charge in [0.05, 0.1) is 20.1 Å². The minimum absolute atomic E-state index is 0.0260. The van der Waals surface area contributed by atoms with Crippen LogP contribution in [0.1, 0.15) is 48.4 Å². The van der Waals surface area contributed by atoms with Crippen molar-refractivity contribution < 1.29 is 19.4 Å². The van der Waals surface area contributed by atoms with Gasteiger partial charge in [-0.2, -0.15) is 0 Å². The Balaban J connectivity index is 0.000000192. The Kier molecular flexibility index (Phi) is 14.4. The van der Waals surface area contributed by atoms with Gasteiger partial charge in [-0.25, -0.2) is 0 Å². The van der Waals surface area contributed by atoms with Gasteiger partial charge < -0.3 is 20.5 Å². The van der Waals surface area contributed by atoms with E-state index in [1.54, 1.807) is 30.3 Å². The van der Waals surface area contributed by atoms with Crippen molar-refractivity contribution in [1.82, 2.24) is 10.6 Å². The highest BCUT2D eigenvalue weighted by molar-refractivity contribution is 9.10. The normalized spacial score (nSPS) is 10.6. The largest absolute Gasteiger partial charge is 0.508 e. The van der Waals surface area contributed by atoms with Gasteiger partial charge in [0.1, 0.15) is 17.2 Å². The molecule has 6 aromatic carbocycles. The van der Waals surface area contributed by atoms with E-state index in [1.807, 2.05) is 94.4 Å². The fourth-order valence-electron chi connectivity index (χ4n) is 4.71. The molecule has 0 unspecified atom stereocenters. The second-order valence-corrected chi connectivity index (χ2v) is 14.4. The first-order valence-electron chi connectivity index (χ1n) is 15.8. The van der Waals surface area contributed by atoms with Gasteiger partial charge in [-0.15, -0.1) is 0 Å². The van der Waals surface area contributed by atoms with Crippen LogP contribution in [-0.2, 0) is 0 Å². The minimum atomic E-state index is -0.0901. The third-order valence-electron chi connectivity index (χ3n) is 7.05. The number of amides is 2. The van der Waals surface area contributed by atoms with Crippen LogP contribution in [0.25, 0.3) is 21.5 Å². The first-order chi connectivity index (χ1) is 24.2. The van der Waals surface area contributed by atoms with Crippen molar-refractivity contribution in [3.05, 3.63) is 145 Å². The quantitative estimate of drug-likeness (QED) is 0.156. The van der Waals surface area contributed by atoms with Crippen LogP contribution in [0.4, 0.5) is 0 Å². The molecule has 0 radical (unpaired) electrons. The fourth-order valence-corrected chi connectivity index (χ4v) is 5.81. The number of hydrogen-bond acceptors (Lipinski definition) is 4. The zero-order chi connectivity index (χ0) is 37.2. The van der Waals surface area contributed by atoms with Crippen LogP contribution in [0.15, 0.2) is 114 Å². The summed E-state index contributed by atoms with van der Waals surface area (Å²) in [5, 5.41) is 20.3. The Morgan fingerprint density at radius 3 is 1.65 bits per heavy atom. The molecule has 0 aliphatic carbocycles. The average Bonchev–Trinajstić information content (AvgIpc) is 3.08. The summed E-state index contributed by atoms with van der Waals surface area (Å²) in [4.78, 5) is 24.0. The van der Waals surface area contributed by atoms with E-state index in [4.69, 9.17) is 56.2 Å². The van der Waals surface area contributed by atoms with Gasteiger partial charge in [-0.05, 0) is 117 Å². The lowest BCUT2D eigenvalue weighted by atomic mass is 10.1. The molecule has 0 aliphatic rings. The SMILES string of the molecule is CC(C)NC(=O)c1ccc2c(Br)cccc2c1.CC(C)NC(=O)c1ccc2c(Oc3ccc(Cl)c(Cl)c3)cccc2c1.Oc1ccc(Cl)c(Cl)c1. The van der Waals surface area contributed by atoms with Crippen LogP contribution in [0.5, 0.6) is 17.2 Å². The highest BCUT2D eigenvalue weighted by Gasteiger charge is 2.11. The molecule has 6 nitrogen and oxygen atoms in total. The number of fused-ring (bicyclic) bond motifs is 2. The number of halogens is 5. The molecule has 0 atom stereocenters. The molecule has 0 saturated heterocycles. The van der Waals surface area contributed by atoms with E-state index >= 15 is 0 Å². The van der Waals surface area contributed by atoms with Crippen molar-refractivity contribution in [2.45, 2.75) is 39.8 Å². The lowest BCUT2D eigenvalue weighted by Crippen LogP contribution is -2.29. The van der Waals surface area contributed by atoms with E-state index in [1.165, 1.54) is 12.1 Å². The number of carbonyl (C=O) groups is 2. The third-order valence-corrected chi connectivity index (χ3v) is 9.22. The number of benzene rings is 6. The van der Waals surface area contributed by atoms with Crippen molar-refractivity contribution in [2.24, 2.45) is 0 Å². The third kappa shape index (κ3) is 11.5. The molecule has 0 saturated carbocycles. The van der Waals surface area contributed by atoms with Crippen molar-refractivity contribution >= 4 is 95.7 Å². The van der Waals surface area contributed by atoms with Crippen LogP contribution in [-0.4, -0.2) is 29.0 Å². The second-order valence-electron chi connectivity index (χ2n) is 11.9. The van der Waals surface area contributed by atoms with Crippen molar-refractivity contribution in [1.29, 1.82) is 0 Å². The smallest absolute Gasteiger partial charge is 0.251 e. The van der Waals surface area contributed by atoms with Crippen LogP contribution in [0.3, 0.4) is 0 Å². The lowest BCUT2D eigenvalue weighted by molar-refractivity contribution is 0.0934. The molecule has 264 valence electrons. The number of phenols is 1. The predicted octanol–water partition coefficient (Wildman–Crippen LogP) is 12.5. The molecule has 0 bridgehead atoms. The van der Waals surface area contributed by atoms with Gasteiger partial charge >= 0.3 is 0 Å². The molecule has 6 rings (SSSR count). The van der Waals surface area contributed by atoms with Crippen molar-refractivity contribution in [2.75, 3.05) is 0 Å². The molecular weight excluding hydrogens is 794 g/mol. The van der Waals surface area contributed by atoms with E-state index in [0.717, 1.165) is 26.0 Å². The molecule has 2 amide bonds. The standard InChI is InChI=1S/C20H17Cl2NO2.C14H14BrNO.C6H4Cl2O/c1-12(2)23-20(24)14-6-8-16-13(10-14)4-3-5-19(16)25-15-7-9-17(21)18(22)11-15;1-9(2)16-14(17)11-6-7-12-10(8-11)4-3-5-13(12)15;7-5-2-1-4(9)3-6(5)8/h3-12H,1-2H3,(H,23,24);3-9H,1-2H3,(H,16,17);1-3,9H. The molecule has 11 heteroatoms. The Morgan fingerprint density at radius 2 is 1.12 bits per heavy atom. The molecule has 3 N–H and O–H groups in total. The first-order valence-corrected chi connectivity index (χ1v) is 18.1. The van der Waals surface area contributed by atoms with E-state index in [-0.39, 0.29) is 29.6 Å². The van der Waals surface area contributed by atoms with Crippen LogP contribution >= 0.6 is 62.3 Å². The summed E-state index contributed by atoms with van der Waals surface area (Å²) >= 11 is 26.5. The lowest BCUT2D eigenvalue weighted by Gasteiger charge is -2.12. The number of carbonyl (C=O) groups excluding carboxylic acids is 2. The molecule has 51 heavy (non-hydrogen) atoms. The van der Waals surface area contributed by atoms with E-state index in [9.17, 15) is 9.59 Å².